The van der Waals surface area contributed by atoms with Gasteiger partial charge in [0.2, 0.25) is 0 Å². The standard InChI is InChI=1S/C8H10O2S/c9-8-6-4-1-3(7(6)11)2-5(4)10-8/h3-7,11H,1-2H2. The maximum atomic E-state index is 11.2. The van der Waals surface area contributed by atoms with Crippen molar-refractivity contribution >= 4 is 18.6 Å². The molecular weight excluding hydrogens is 160 g/mol. The van der Waals surface area contributed by atoms with Crippen LogP contribution in [-0.2, 0) is 9.53 Å². The summed E-state index contributed by atoms with van der Waals surface area (Å²) in [6.07, 6.45) is 2.51. The molecule has 2 bridgehead atoms. The van der Waals surface area contributed by atoms with Crippen molar-refractivity contribution < 1.29 is 9.53 Å². The number of fused-ring (bicyclic) bond motifs is 1. The highest BCUT2D eigenvalue weighted by Gasteiger charge is 2.60. The quantitative estimate of drug-likeness (QED) is 0.431. The Morgan fingerprint density at radius 2 is 2.27 bits per heavy atom. The van der Waals surface area contributed by atoms with Crippen molar-refractivity contribution in [3.05, 3.63) is 0 Å². The number of hydrogen-bond donors (Lipinski definition) is 1. The Bertz CT molecular complexity index is 226. The average Bonchev–Trinajstić information content (AvgIpc) is 2.47. The Kier molecular flexibility index (Phi) is 1.02. The molecule has 5 atom stereocenters. The molecule has 3 fully saturated rings. The van der Waals surface area contributed by atoms with Crippen molar-refractivity contribution in [3.63, 3.8) is 0 Å². The van der Waals surface area contributed by atoms with Gasteiger partial charge in [0.1, 0.15) is 6.10 Å². The van der Waals surface area contributed by atoms with Crippen LogP contribution in [0.25, 0.3) is 0 Å². The fourth-order valence-electron chi connectivity index (χ4n) is 2.95. The van der Waals surface area contributed by atoms with E-state index in [1.807, 2.05) is 0 Å². The molecule has 1 aliphatic heterocycles. The molecule has 1 saturated heterocycles. The molecule has 3 rings (SSSR count). The zero-order chi connectivity index (χ0) is 7.59. The Hall–Kier alpha value is -0.180. The van der Waals surface area contributed by atoms with Crippen molar-refractivity contribution in [1.29, 1.82) is 0 Å². The number of carbonyl (C=O) groups excluding carboxylic acids is 1. The Morgan fingerprint density at radius 1 is 1.45 bits per heavy atom. The van der Waals surface area contributed by atoms with Crippen molar-refractivity contribution in [2.24, 2.45) is 17.8 Å². The van der Waals surface area contributed by atoms with E-state index < -0.39 is 0 Å². The van der Waals surface area contributed by atoms with E-state index >= 15 is 0 Å². The van der Waals surface area contributed by atoms with E-state index in [2.05, 4.69) is 12.6 Å². The summed E-state index contributed by atoms with van der Waals surface area (Å²) in [6.45, 7) is 0. The molecule has 0 aromatic carbocycles. The van der Waals surface area contributed by atoms with E-state index in [-0.39, 0.29) is 18.0 Å². The van der Waals surface area contributed by atoms with Gasteiger partial charge < -0.3 is 4.74 Å². The fraction of sp³-hybridized carbons (Fsp3) is 0.875. The van der Waals surface area contributed by atoms with Gasteiger partial charge in [0, 0.05) is 11.2 Å². The molecule has 0 radical (unpaired) electrons. The Labute approximate surface area is 70.7 Å². The minimum atomic E-state index is 0.0139. The second-order valence-corrected chi connectivity index (χ2v) is 4.48. The maximum absolute atomic E-state index is 11.2. The Balaban J connectivity index is 2.05. The third kappa shape index (κ3) is 0.593. The van der Waals surface area contributed by atoms with Crippen LogP contribution < -0.4 is 0 Å². The molecule has 3 heteroatoms. The van der Waals surface area contributed by atoms with Crippen LogP contribution >= 0.6 is 12.6 Å². The van der Waals surface area contributed by atoms with Crippen molar-refractivity contribution in [1.82, 2.24) is 0 Å². The van der Waals surface area contributed by atoms with E-state index in [0.717, 1.165) is 6.42 Å². The average molecular weight is 170 g/mol. The molecule has 0 N–H and O–H groups in total. The summed E-state index contributed by atoms with van der Waals surface area (Å²) in [6, 6.07) is 0. The van der Waals surface area contributed by atoms with Crippen molar-refractivity contribution in [3.8, 4) is 0 Å². The number of esters is 1. The summed E-state index contributed by atoms with van der Waals surface area (Å²) in [5.74, 6) is 1.34. The minimum Gasteiger partial charge on any atom is -0.462 e. The maximum Gasteiger partial charge on any atom is 0.310 e. The zero-order valence-electron chi connectivity index (χ0n) is 6.06. The van der Waals surface area contributed by atoms with Crippen LogP contribution in [0.3, 0.4) is 0 Å². The SMILES string of the molecule is O=C1OC2CC3CC2C1C3S. The van der Waals surface area contributed by atoms with Gasteiger partial charge in [-0.05, 0) is 18.8 Å². The van der Waals surface area contributed by atoms with E-state index in [1.165, 1.54) is 6.42 Å². The molecule has 1 heterocycles. The van der Waals surface area contributed by atoms with Crippen LogP contribution in [0.4, 0.5) is 0 Å². The van der Waals surface area contributed by atoms with Gasteiger partial charge in [-0.25, -0.2) is 0 Å². The molecule has 2 nitrogen and oxygen atoms in total. The third-order valence-corrected chi connectivity index (χ3v) is 4.18. The lowest BCUT2D eigenvalue weighted by Gasteiger charge is -2.18. The number of hydrogen-bond acceptors (Lipinski definition) is 3. The highest BCUT2D eigenvalue weighted by atomic mass is 32.1. The highest BCUT2D eigenvalue weighted by Crippen LogP contribution is 2.56. The molecule has 11 heavy (non-hydrogen) atoms. The first-order chi connectivity index (χ1) is 5.27. The van der Waals surface area contributed by atoms with E-state index in [4.69, 9.17) is 4.74 Å². The minimum absolute atomic E-state index is 0.0139. The van der Waals surface area contributed by atoms with Gasteiger partial charge in [0.25, 0.3) is 0 Å². The molecule has 2 saturated carbocycles. The zero-order valence-corrected chi connectivity index (χ0v) is 6.96. The molecule has 0 amide bonds. The third-order valence-electron chi connectivity index (χ3n) is 3.44. The first kappa shape index (κ1) is 6.35. The topological polar surface area (TPSA) is 26.3 Å². The first-order valence-corrected chi connectivity index (χ1v) is 4.67. The summed E-state index contributed by atoms with van der Waals surface area (Å²) >= 11 is 4.46. The second kappa shape index (κ2) is 1.76. The lowest BCUT2D eigenvalue weighted by molar-refractivity contribution is -0.143. The Morgan fingerprint density at radius 3 is 2.91 bits per heavy atom. The molecule has 5 unspecified atom stereocenters. The molecule has 0 aromatic heterocycles. The highest BCUT2D eigenvalue weighted by molar-refractivity contribution is 7.81. The van der Waals surface area contributed by atoms with Crippen LogP contribution in [0.2, 0.25) is 0 Å². The van der Waals surface area contributed by atoms with E-state index in [9.17, 15) is 4.79 Å². The molecular formula is C8H10O2S. The van der Waals surface area contributed by atoms with Gasteiger partial charge in [-0.1, -0.05) is 0 Å². The van der Waals surface area contributed by atoms with Gasteiger partial charge in [0.15, 0.2) is 0 Å². The number of ether oxygens (including phenoxy) is 1. The molecule has 0 aromatic rings. The van der Waals surface area contributed by atoms with Crippen LogP contribution in [0.15, 0.2) is 0 Å². The summed E-state index contributed by atoms with van der Waals surface area (Å²) < 4.78 is 5.22. The van der Waals surface area contributed by atoms with Gasteiger partial charge in [-0.3, -0.25) is 4.79 Å². The summed E-state index contributed by atoms with van der Waals surface area (Å²) in [4.78, 5) is 11.2. The summed E-state index contributed by atoms with van der Waals surface area (Å²) in [5.41, 5.74) is 0. The van der Waals surface area contributed by atoms with Gasteiger partial charge in [-0.15, -0.1) is 0 Å². The summed E-state index contributed by atoms with van der Waals surface area (Å²) in [5, 5.41) is 0.297. The van der Waals surface area contributed by atoms with Crippen LogP contribution in [0.1, 0.15) is 12.8 Å². The predicted molar refractivity (Wildman–Crippen MR) is 42.4 cm³/mol. The number of rotatable bonds is 0. The van der Waals surface area contributed by atoms with Crippen LogP contribution in [0, 0.1) is 17.8 Å². The molecule has 60 valence electrons. The molecule has 0 spiro atoms. The van der Waals surface area contributed by atoms with Gasteiger partial charge in [-0.2, -0.15) is 12.6 Å². The first-order valence-electron chi connectivity index (χ1n) is 4.16. The largest absolute Gasteiger partial charge is 0.462 e. The predicted octanol–water partition coefficient (Wildman–Crippen LogP) is 0.866. The monoisotopic (exact) mass is 170 g/mol. The molecule has 2 aliphatic carbocycles. The lowest BCUT2D eigenvalue weighted by Crippen LogP contribution is -2.26. The summed E-state index contributed by atoms with van der Waals surface area (Å²) in [7, 11) is 0. The van der Waals surface area contributed by atoms with Crippen molar-refractivity contribution in [2.45, 2.75) is 24.2 Å². The number of thiol groups is 1. The normalized spacial score (nSPS) is 58.6. The molecule has 3 aliphatic rings. The van der Waals surface area contributed by atoms with E-state index in [1.54, 1.807) is 0 Å². The van der Waals surface area contributed by atoms with E-state index in [0.29, 0.717) is 17.1 Å². The van der Waals surface area contributed by atoms with Gasteiger partial charge in [0.05, 0.1) is 5.92 Å². The fourth-order valence-corrected chi connectivity index (χ4v) is 3.54. The lowest BCUT2D eigenvalue weighted by atomic mass is 9.89. The number of carbonyl (C=O) groups is 1. The second-order valence-electron chi connectivity index (χ2n) is 3.89. The smallest absolute Gasteiger partial charge is 0.310 e. The van der Waals surface area contributed by atoms with Crippen molar-refractivity contribution in [2.75, 3.05) is 0 Å². The van der Waals surface area contributed by atoms with Crippen LogP contribution in [-0.4, -0.2) is 17.3 Å². The van der Waals surface area contributed by atoms with Gasteiger partial charge >= 0.3 is 5.97 Å². The van der Waals surface area contributed by atoms with Crippen LogP contribution in [0.5, 0.6) is 0 Å².